The summed E-state index contributed by atoms with van der Waals surface area (Å²) in [6.07, 6.45) is 0. The third kappa shape index (κ3) is 3.15. The molecule has 33 heavy (non-hydrogen) atoms. The third-order valence-corrected chi connectivity index (χ3v) is 6.26. The molecule has 0 aliphatic heterocycles. The Morgan fingerprint density at radius 3 is 2.48 bits per heavy atom. The summed E-state index contributed by atoms with van der Waals surface area (Å²) in [4.78, 5) is 41.8. The van der Waals surface area contributed by atoms with Crippen LogP contribution in [0.1, 0.15) is 6.92 Å². The van der Waals surface area contributed by atoms with Crippen LogP contribution in [0, 0.1) is 0 Å². The van der Waals surface area contributed by atoms with Gasteiger partial charge >= 0.3 is 5.69 Å². The lowest BCUT2D eigenvalue weighted by molar-refractivity contribution is -0.116. The smallest absolute Gasteiger partial charge is 0.332 e. The van der Waals surface area contributed by atoms with Crippen molar-refractivity contribution in [3.8, 4) is 0 Å². The molecule has 0 aliphatic rings. The Labute approximate surface area is 192 Å². The van der Waals surface area contributed by atoms with Gasteiger partial charge in [0.05, 0.1) is 0 Å². The Bertz CT molecular complexity index is 1710. The molecule has 2 aromatic carbocycles. The average Bonchev–Trinajstić information content (AvgIpc) is 3.30. The van der Waals surface area contributed by atoms with Crippen molar-refractivity contribution in [3.05, 3.63) is 68.6 Å². The quantitative estimate of drug-likeness (QED) is 0.414. The van der Waals surface area contributed by atoms with Gasteiger partial charge in [0, 0.05) is 48.1 Å². The summed E-state index contributed by atoms with van der Waals surface area (Å²) in [7, 11) is 2.87. The van der Waals surface area contributed by atoms with Crippen molar-refractivity contribution in [1.29, 1.82) is 0 Å². The molecule has 0 saturated carbocycles. The molecule has 0 fully saturated rings. The number of imidazole rings is 1. The van der Waals surface area contributed by atoms with Gasteiger partial charge in [-0.1, -0.05) is 18.2 Å². The zero-order chi connectivity index (χ0) is 23.4. The predicted octanol–water partition coefficient (Wildman–Crippen LogP) is 2.85. The number of amides is 1. The zero-order valence-corrected chi connectivity index (χ0v) is 19.1. The number of aromatic nitrogens is 5. The van der Waals surface area contributed by atoms with E-state index in [2.05, 4.69) is 33.9 Å². The topological polar surface area (TPSA) is 95.8 Å². The number of halogens is 1. The van der Waals surface area contributed by atoms with Gasteiger partial charge in [-0.15, -0.1) is 0 Å². The van der Waals surface area contributed by atoms with Crippen LogP contribution in [0.3, 0.4) is 0 Å². The largest absolute Gasteiger partial charge is 0.341 e. The van der Waals surface area contributed by atoms with Crippen molar-refractivity contribution in [2.45, 2.75) is 20.0 Å². The zero-order valence-electron chi connectivity index (χ0n) is 18.3. The van der Waals surface area contributed by atoms with Gasteiger partial charge in [0.1, 0.15) is 6.54 Å². The molecule has 0 bridgehead atoms. The highest BCUT2D eigenvalue weighted by Gasteiger charge is 2.20. The summed E-state index contributed by atoms with van der Waals surface area (Å²) in [5, 5.41) is 4.99. The Kier molecular flexibility index (Phi) is 4.86. The van der Waals surface area contributed by atoms with Crippen LogP contribution in [-0.2, 0) is 32.0 Å². The van der Waals surface area contributed by atoms with E-state index in [9.17, 15) is 14.4 Å². The average molecular weight is 465 g/mol. The van der Waals surface area contributed by atoms with E-state index < -0.39 is 11.2 Å². The van der Waals surface area contributed by atoms with E-state index in [-0.39, 0.29) is 28.9 Å². The molecule has 5 aromatic rings. The molecule has 0 saturated heterocycles. The van der Waals surface area contributed by atoms with Gasteiger partial charge in [-0.3, -0.25) is 23.3 Å². The van der Waals surface area contributed by atoms with Crippen LogP contribution in [0.2, 0.25) is 5.28 Å². The molecule has 168 valence electrons. The first kappa shape index (κ1) is 21.0. The molecule has 0 radical (unpaired) electrons. The molecule has 0 aliphatic carbocycles. The first-order chi connectivity index (χ1) is 15.8. The summed E-state index contributed by atoms with van der Waals surface area (Å²) in [6.45, 7) is 2.71. The van der Waals surface area contributed by atoms with Crippen molar-refractivity contribution in [2.75, 3.05) is 5.32 Å². The molecular weight excluding hydrogens is 444 g/mol. The minimum Gasteiger partial charge on any atom is -0.341 e. The fourth-order valence-corrected chi connectivity index (χ4v) is 4.60. The second-order valence-electron chi connectivity index (χ2n) is 7.89. The van der Waals surface area contributed by atoms with Gasteiger partial charge < -0.3 is 9.88 Å². The molecule has 1 amide bonds. The van der Waals surface area contributed by atoms with Gasteiger partial charge in [0.15, 0.2) is 11.2 Å². The SMILES string of the molecule is CCn1c2ccccc2c2cc(NC(=O)Cn3c(Cl)nc4c3c(=O)n(C)c(=O)n4C)ccc21. The summed E-state index contributed by atoms with van der Waals surface area (Å²) in [6, 6.07) is 13.9. The molecule has 3 aromatic heterocycles. The van der Waals surface area contributed by atoms with Crippen molar-refractivity contribution >= 4 is 56.2 Å². The number of carbonyl (C=O) groups excluding carboxylic acids is 1. The number of hydrogen-bond donors (Lipinski definition) is 1. The first-order valence-corrected chi connectivity index (χ1v) is 10.8. The number of aryl methyl sites for hydroxylation is 2. The Morgan fingerprint density at radius 2 is 1.73 bits per heavy atom. The molecule has 5 rings (SSSR count). The third-order valence-electron chi connectivity index (χ3n) is 5.98. The second-order valence-corrected chi connectivity index (χ2v) is 8.22. The van der Waals surface area contributed by atoms with Crippen molar-refractivity contribution in [2.24, 2.45) is 14.1 Å². The fourth-order valence-electron chi connectivity index (χ4n) is 4.38. The molecular formula is C23H21ClN6O3. The molecule has 9 nitrogen and oxygen atoms in total. The highest BCUT2D eigenvalue weighted by molar-refractivity contribution is 6.29. The predicted molar refractivity (Wildman–Crippen MR) is 129 cm³/mol. The van der Waals surface area contributed by atoms with Crippen LogP contribution < -0.4 is 16.6 Å². The van der Waals surface area contributed by atoms with E-state index in [0.29, 0.717) is 5.69 Å². The number of hydrogen-bond acceptors (Lipinski definition) is 4. The maximum atomic E-state index is 12.9. The van der Waals surface area contributed by atoms with Gasteiger partial charge in [0.25, 0.3) is 5.56 Å². The van der Waals surface area contributed by atoms with E-state index in [1.54, 1.807) is 0 Å². The highest BCUT2D eigenvalue weighted by atomic mass is 35.5. The number of nitrogens with one attached hydrogen (secondary N) is 1. The first-order valence-electron chi connectivity index (χ1n) is 10.4. The minimum absolute atomic E-state index is 0.0417. The van der Waals surface area contributed by atoms with Crippen LogP contribution in [0.15, 0.2) is 52.1 Å². The van der Waals surface area contributed by atoms with E-state index >= 15 is 0 Å². The van der Waals surface area contributed by atoms with Crippen LogP contribution >= 0.6 is 11.6 Å². The fraction of sp³-hybridized carbons (Fsp3) is 0.217. The lowest BCUT2D eigenvalue weighted by Gasteiger charge is -2.09. The van der Waals surface area contributed by atoms with Gasteiger partial charge in [-0.2, -0.15) is 4.98 Å². The number of benzene rings is 2. The standard InChI is InChI=1S/C23H21ClN6O3/c1-4-29-16-8-6-5-7-14(16)15-11-13(9-10-17(15)29)25-18(31)12-30-19-20(26-22(30)24)27(2)23(33)28(3)21(19)32/h5-11H,4,12H2,1-3H3,(H,25,31). The lowest BCUT2D eigenvalue weighted by atomic mass is 10.1. The number of rotatable bonds is 4. The number of carbonyl (C=O) groups is 1. The van der Waals surface area contributed by atoms with E-state index in [4.69, 9.17) is 11.6 Å². The van der Waals surface area contributed by atoms with Crippen molar-refractivity contribution < 1.29 is 4.79 Å². The Hall–Kier alpha value is -3.85. The van der Waals surface area contributed by atoms with E-state index in [0.717, 1.165) is 32.9 Å². The summed E-state index contributed by atoms with van der Waals surface area (Å²) < 4.78 is 5.74. The molecule has 3 heterocycles. The second kappa shape index (κ2) is 7.63. The number of para-hydroxylation sites is 1. The summed E-state index contributed by atoms with van der Waals surface area (Å²) >= 11 is 6.23. The van der Waals surface area contributed by atoms with Crippen LogP contribution in [0.4, 0.5) is 5.69 Å². The van der Waals surface area contributed by atoms with Gasteiger partial charge in [-0.25, -0.2) is 4.79 Å². The molecule has 0 atom stereocenters. The Balaban J connectivity index is 1.52. The van der Waals surface area contributed by atoms with Crippen LogP contribution in [0.5, 0.6) is 0 Å². The number of anilines is 1. The normalized spacial score (nSPS) is 11.6. The number of nitrogens with zero attached hydrogens (tertiary/aromatic N) is 5. The molecule has 1 N–H and O–H groups in total. The lowest BCUT2D eigenvalue weighted by Crippen LogP contribution is -2.37. The monoisotopic (exact) mass is 464 g/mol. The molecule has 0 unspecified atom stereocenters. The van der Waals surface area contributed by atoms with E-state index in [1.165, 1.54) is 23.2 Å². The van der Waals surface area contributed by atoms with Crippen LogP contribution in [0.25, 0.3) is 33.0 Å². The van der Waals surface area contributed by atoms with Gasteiger partial charge in [-0.05, 0) is 42.8 Å². The van der Waals surface area contributed by atoms with E-state index in [1.807, 2.05) is 30.3 Å². The maximum Gasteiger partial charge on any atom is 0.332 e. The maximum absolute atomic E-state index is 12.9. The van der Waals surface area contributed by atoms with Crippen LogP contribution in [-0.4, -0.2) is 29.2 Å². The highest BCUT2D eigenvalue weighted by Crippen LogP contribution is 2.31. The number of fused-ring (bicyclic) bond motifs is 4. The van der Waals surface area contributed by atoms with Crippen molar-refractivity contribution in [1.82, 2.24) is 23.3 Å². The van der Waals surface area contributed by atoms with Crippen molar-refractivity contribution in [3.63, 3.8) is 0 Å². The minimum atomic E-state index is -0.561. The molecule has 10 heteroatoms. The summed E-state index contributed by atoms with van der Waals surface area (Å²) in [5.74, 6) is -0.370. The molecule has 0 spiro atoms. The Morgan fingerprint density at radius 1 is 1.00 bits per heavy atom. The summed E-state index contributed by atoms with van der Waals surface area (Å²) in [5.41, 5.74) is 2.01. The van der Waals surface area contributed by atoms with Gasteiger partial charge in [0.2, 0.25) is 11.2 Å².